The lowest BCUT2D eigenvalue weighted by Gasteiger charge is -2.49. The molecular formula is C38H44. The summed E-state index contributed by atoms with van der Waals surface area (Å²) >= 11 is 0. The van der Waals surface area contributed by atoms with Gasteiger partial charge in [0, 0.05) is 0 Å². The van der Waals surface area contributed by atoms with E-state index in [1.165, 1.54) is 67.2 Å². The Labute approximate surface area is 231 Å². The molecule has 0 atom stereocenters. The van der Waals surface area contributed by atoms with Crippen LogP contribution >= 0.6 is 0 Å². The highest BCUT2D eigenvalue weighted by Gasteiger charge is 2.44. The lowest BCUT2D eigenvalue weighted by molar-refractivity contribution is 0.0331. The van der Waals surface area contributed by atoms with Gasteiger partial charge in [-0.2, -0.15) is 0 Å². The number of rotatable bonds is 10. The Kier molecular flexibility index (Phi) is 9.48. The molecule has 0 aromatic heterocycles. The molecule has 1 aliphatic rings. The summed E-state index contributed by atoms with van der Waals surface area (Å²) in [5.74, 6) is 1.23. The minimum Gasteiger partial charge on any atom is -0.0622 e. The fraction of sp³-hybridized carbons (Fsp3) is 0.368. The Morgan fingerprint density at radius 2 is 0.632 bits per heavy atom. The summed E-state index contributed by atoms with van der Waals surface area (Å²) < 4.78 is 0. The van der Waals surface area contributed by atoms with Crippen molar-refractivity contribution in [2.24, 2.45) is 17.3 Å². The van der Waals surface area contributed by atoms with E-state index in [1.807, 2.05) is 0 Å². The van der Waals surface area contributed by atoms with Gasteiger partial charge in [-0.05, 0) is 78.0 Å². The van der Waals surface area contributed by atoms with Crippen LogP contribution in [-0.4, -0.2) is 0 Å². The third-order valence-corrected chi connectivity index (χ3v) is 9.21. The summed E-state index contributed by atoms with van der Waals surface area (Å²) in [5, 5.41) is 0. The van der Waals surface area contributed by atoms with E-state index < -0.39 is 0 Å². The number of hydrogen-bond donors (Lipinski definition) is 0. The van der Waals surface area contributed by atoms with Crippen molar-refractivity contribution < 1.29 is 0 Å². The van der Waals surface area contributed by atoms with E-state index in [9.17, 15) is 0 Å². The lowest BCUT2D eigenvalue weighted by Crippen LogP contribution is -2.43. The fourth-order valence-corrected chi connectivity index (χ4v) is 7.27. The zero-order chi connectivity index (χ0) is 25.9. The third kappa shape index (κ3) is 7.04. The van der Waals surface area contributed by atoms with Crippen LogP contribution in [0, 0.1) is 17.3 Å². The van der Waals surface area contributed by atoms with Crippen LogP contribution in [0.5, 0.6) is 0 Å². The maximum atomic E-state index is 2.36. The molecular weight excluding hydrogens is 456 g/mol. The van der Waals surface area contributed by atoms with E-state index in [4.69, 9.17) is 0 Å². The molecule has 0 spiro atoms. The van der Waals surface area contributed by atoms with Crippen LogP contribution < -0.4 is 0 Å². The molecule has 5 rings (SSSR count). The van der Waals surface area contributed by atoms with Crippen molar-refractivity contribution in [2.45, 2.75) is 70.6 Å². The normalized spacial score (nSPS) is 15.7. The predicted molar refractivity (Wildman–Crippen MR) is 162 cm³/mol. The first-order valence-corrected chi connectivity index (χ1v) is 15.0. The molecule has 1 aliphatic carbocycles. The van der Waals surface area contributed by atoms with Gasteiger partial charge < -0.3 is 0 Å². The molecule has 4 aromatic rings. The summed E-state index contributed by atoms with van der Waals surface area (Å²) in [6, 6.07) is 45.3. The molecule has 0 bridgehead atoms. The van der Waals surface area contributed by atoms with Gasteiger partial charge in [0.25, 0.3) is 0 Å². The van der Waals surface area contributed by atoms with E-state index in [-0.39, 0.29) is 0 Å². The van der Waals surface area contributed by atoms with Crippen molar-refractivity contribution in [1.82, 2.24) is 0 Å². The maximum Gasteiger partial charge on any atom is -0.0228 e. The van der Waals surface area contributed by atoms with Gasteiger partial charge in [-0.1, -0.05) is 153 Å². The molecule has 0 nitrogen and oxygen atoms in total. The second kappa shape index (κ2) is 13.6. The van der Waals surface area contributed by atoms with Gasteiger partial charge in [-0.3, -0.25) is 0 Å². The van der Waals surface area contributed by atoms with Gasteiger partial charge in [-0.25, -0.2) is 0 Å². The fourth-order valence-electron chi connectivity index (χ4n) is 7.27. The Hall–Kier alpha value is -3.12. The maximum absolute atomic E-state index is 2.36. The minimum absolute atomic E-state index is 0.303. The number of hydrogen-bond acceptors (Lipinski definition) is 0. The molecule has 0 heteroatoms. The summed E-state index contributed by atoms with van der Waals surface area (Å²) in [6.07, 6.45) is 14.2. The highest BCUT2D eigenvalue weighted by Crippen LogP contribution is 2.51. The quantitative estimate of drug-likeness (QED) is 0.203. The molecule has 0 radical (unpaired) electrons. The van der Waals surface area contributed by atoms with Gasteiger partial charge in [0.1, 0.15) is 0 Å². The van der Waals surface area contributed by atoms with Crippen LogP contribution in [0.3, 0.4) is 0 Å². The monoisotopic (exact) mass is 500 g/mol. The first kappa shape index (κ1) is 26.5. The van der Waals surface area contributed by atoms with E-state index in [0.717, 1.165) is 25.7 Å². The van der Waals surface area contributed by atoms with Crippen molar-refractivity contribution in [2.75, 3.05) is 0 Å². The third-order valence-electron chi connectivity index (χ3n) is 9.21. The largest absolute Gasteiger partial charge is 0.0622 e. The molecule has 0 heterocycles. The summed E-state index contributed by atoms with van der Waals surface area (Å²) in [5.41, 5.74) is 6.28. The van der Waals surface area contributed by atoms with Gasteiger partial charge in [0.2, 0.25) is 0 Å². The molecule has 1 saturated carbocycles. The van der Waals surface area contributed by atoms with Crippen molar-refractivity contribution in [3.8, 4) is 0 Å². The molecule has 0 unspecified atom stereocenters. The average molecular weight is 501 g/mol. The Morgan fingerprint density at radius 1 is 0.368 bits per heavy atom. The lowest BCUT2D eigenvalue weighted by atomic mass is 9.55. The van der Waals surface area contributed by atoms with Crippen LogP contribution in [-0.2, 0) is 25.7 Å². The molecule has 4 aromatic carbocycles. The van der Waals surface area contributed by atoms with Crippen molar-refractivity contribution in [3.05, 3.63) is 144 Å². The zero-order valence-electron chi connectivity index (χ0n) is 23.0. The zero-order valence-corrected chi connectivity index (χ0v) is 23.0. The van der Waals surface area contributed by atoms with Gasteiger partial charge in [-0.15, -0.1) is 0 Å². The predicted octanol–water partition coefficient (Wildman–Crippen LogP) is 9.92. The highest BCUT2D eigenvalue weighted by atomic mass is 14.5. The SMILES string of the molecule is c1ccc(CC(Cc2ccccc2)C2(C(Cc3ccccc3)Cc3ccccc3)CCCCCCC2)cc1. The molecule has 38 heavy (non-hydrogen) atoms. The second-order valence-corrected chi connectivity index (χ2v) is 11.7. The van der Waals surface area contributed by atoms with Crippen molar-refractivity contribution in [1.29, 1.82) is 0 Å². The topological polar surface area (TPSA) is 0 Å². The minimum atomic E-state index is 0.303. The highest BCUT2D eigenvalue weighted by molar-refractivity contribution is 5.23. The first-order valence-electron chi connectivity index (χ1n) is 15.0. The molecule has 0 saturated heterocycles. The van der Waals surface area contributed by atoms with Crippen LogP contribution in [0.2, 0.25) is 0 Å². The van der Waals surface area contributed by atoms with Crippen LogP contribution in [0.1, 0.15) is 67.2 Å². The first-order chi connectivity index (χ1) is 18.8. The van der Waals surface area contributed by atoms with Gasteiger partial charge in [0.05, 0.1) is 0 Å². The Morgan fingerprint density at radius 3 is 0.921 bits per heavy atom. The van der Waals surface area contributed by atoms with Crippen molar-refractivity contribution in [3.63, 3.8) is 0 Å². The van der Waals surface area contributed by atoms with E-state index in [1.54, 1.807) is 0 Å². The van der Waals surface area contributed by atoms with Gasteiger partial charge >= 0.3 is 0 Å². The van der Waals surface area contributed by atoms with E-state index in [0.29, 0.717) is 17.3 Å². The van der Waals surface area contributed by atoms with E-state index in [2.05, 4.69) is 121 Å². The molecule has 0 N–H and O–H groups in total. The second-order valence-electron chi connectivity index (χ2n) is 11.7. The molecule has 0 aliphatic heterocycles. The Bertz CT molecular complexity index is 1000. The molecule has 196 valence electrons. The summed E-state index contributed by atoms with van der Waals surface area (Å²) in [4.78, 5) is 0. The van der Waals surface area contributed by atoms with Crippen molar-refractivity contribution >= 4 is 0 Å². The standard InChI is InChI=1S/C38H44/c1-2-16-26-38(27-17-3-1,36(28-32-18-8-4-9-19-32)29-33-20-10-5-11-21-33)37(30-34-22-12-6-13-23-34)31-35-24-14-7-15-25-35/h4-15,18-25,36-37H,1-3,16-17,26-31H2. The summed E-state index contributed by atoms with van der Waals surface area (Å²) in [7, 11) is 0. The smallest absolute Gasteiger partial charge is 0.0228 e. The van der Waals surface area contributed by atoms with Crippen LogP contribution in [0.4, 0.5) is 0 Å². The van der Waals surface area contributed by atoms with Crippen LogP contribution in [0.15, 0.2) is 121 Å². The molecule has 0 amide bonds. The van der Waals surface area contributed by atoms with Crippen LogP contribution in [0.25, 0.3) is 0 Å². The number of benzene rings is 4. The average Bonchev–Trinajstić information content (AvgIpc) is 2.95. The van der Waals surface area contributed by atoms with Gasteiger partial charge in [0.15, 0.2) is 0 Å². The summed E-state index contributed by atoms with van der Waals surface area (Å²) in [6.45, 7) is 0. The van der Waals surface area contributed by atoms with E-state index >= 15 is 0 Å². The Balaban J connectivity index is 1.60. The molecule has 1 fully saturated rings.